The van der Waals surface area contributed by atoms with Crippen molar-refractivity contribution in [2.45, 2.75) is 29.0 Å². The highest BCUT2D eigenvalue weighted by Gasteiger charge is 2.35. The molecule has 10 heteroatoms. The molecule has 4 rings (SSSR count). The van der Waals surface area contributed by atoms with Gasteiger partial charge in [0.05, 0.1) is 6.54 Å². The van der Waals surface area contributed by atoms with Crippen LogP contribution >= 0.6 is 22.9 Å². The van der Waals surface area contributed by atoms with E-state index >= 15 is 0 Å². The number of piperidine rings is 1. The molecule has 0 aliphatic carbocycles. The third kappa shape index (κ3) is 6.35. The third-order valence-corrected chi connectivity index (χ3v) is 10.3. The fourth-order valence-corrected chi connectivity index (χ4v) is 7.57. The van der Waals surface area contributed by atoms with Gasteiger partial charge in [0.1, 0.15) is 15.4 Å². The van der Waals surface area contributed by atoms with E-state index < -0.39 is 21.0 Å². The number of hydrogen-bond acceptors (Lipinski definition) is 6. The van der Waals surface area contributed by atoms with Gasteiger partial charge in [-0.15, -0.1) is 17.9 Å². The molecule has 1 atom stereocenters. The van der Waals surface area contributed by atoms with E-state index in [2.05, 4.69) is 11.9 Å². The van der Waals surface area contributed by atoms with Crippen molar-refractivity contribution < 1.29 is 22.4 Å². The van der Waals surface area contributed by atoms with Crippen molar-refractivity contribution >= 4 is 44.5 Å². The van der Waals surface area contributed by atoms with Crippen molar-refractivity contribution in [3.05, 3.63) is 100 Å². The summed E-state index contributed by atoms with van der Waals surface area (Å²) in [6, 6.07) is 15.2. The summed E-state index contributed by atoms with van der Waals surface area (Å²) in [5, 5.41) is 2.39. The molecule has 1 amide bonds. The van der Waals surface area contributed by atoms with Crippen LogP contribution < -0.4 is 5.32 Å². The van der Waals surface area contributed by atoms with Crippen LogP contribution in [0.25, 0.3) is 0 Å². The first-order chi connectivity index (χ1) is 17.7. The van der Waals surface area contributed by atoms with Crippen LogP contribution in [0.4, 0.5) is 4.39 Å². The number of benzene rings is 2. The Bertz CT molecular complexity index is 1380. The minimum Gasteiger partial charge on any atom is -0.347 e. The van der Waals surface area contributed by atoms with Gasteiger partial charge in [-0.3, -0.25) is 14.5 Å². The number of carbonyl (C=O) groups is 2. The van der Waals surface area contributed by atoms with Gasteiger partial charge in [-0.05, 0) is 73.5 Å². The van der Waals surface area contributed by atoms with Gasteiger partial charge in [0.2, 0.25) is 9.84 Å². The molecule has 0 radical (unpaired) electrons. The lowest BCUT2D eigenvalue weighted by molar-refractivity contribution is 0.0839. The SMILES string of the molecule is C=CC(N1CCC(C(=O)c2ccc(F)cc2)CC1)S(=O)(=O)c1ccc(CNC(=O)c2ccc(Cl)cc2)s1. The summed E-state index contributed by atoms with van der Waals surface area (Å²) in [4.78, 5) is 27.6. The van der Waals surface area contributed by atoms with Gasteiger partial charge in [-0.25, -0.2) is 12.8 Å². The molecule has 1 N–H and O–H groups in total. The Morgan fingerprint density at radius 1 is 1.05 bits per heavy atom. The van der Waals surface area contributed by atoms with Gasteiger partial charge in [-0.1, -0.05) is 17.7 Å². The Morgan fingerprint density at radius 2 is 1.68 bits per heavy atom. The Hall–Kier alpha value is -2.85. The minimum atomic E-state index is -3.75. The minimum absolute atomic E-state index is 0.0544. The summed E-state index contributed by atoms with van der Waals surface area (Å²) in [7, 11) is -3.75. The van der Waals surface area contributed by atoms with Crippen LogP contribution in [0.15, 0.2) is 77.5 Å². The lowest BCUT2D eigenvalue weighted by Crippen LogP contribution is -2.45. The number of amides is 1. The molecule has 1 saturated heterocycles. The summed E-state index contributed by atoms with van der Waals surface area (Å²) in [5.41, 5.74) is 0.920. The number of hydrogen-bond donors (Lipinski definition) is 1. The van der Waals surface area contributed by atoms with Crippen molar-refractivity contribution in [2.75, 3.05) is 13.1 Å². The van der Waals surface area contributed by atoms with E-state index in [1.807, 2.05) is 4.90 Å². The summed E-state index contributed by atoms with van der Waals surface area (Å²) < 4.78 is 40.2. The second-order valence-electron chi connectivity index (χ2n) is 8.76. The molecule has 0 spiro atoms. The molecule has 6 nitrogen and oxygen atoms in total. The van der Waals surface area contributed by atoms with E-state index in [-0.39, 0.29) is 28.4 Å². The van der Waals surface area contributed by atoms with E-state index in [4.69, 9.17) is 11.6 Å². The quantitative estimate of drug-likeness (QED) is 0.282. The Kier molecular flexibility index (Phi) is 8.59. The van der Waals surface area contributed by atoms with Crippen LogP contribution in [0.1, 0.15) is 38.4 Å². The molecule has 2 aromatic carbocycles. The number of carbonyl (C=O) groups excluding carboxylic acids is 2. The number of rotatable bonds is 9. The standard InChI is InChI=1S/C27H26ClFN2O4S2/c1-2-24(31-15-13-19(14-16-31)26(32)18-5-9-22(29)10-6-18)37(34,35)25-12-11-23(36-25)17-30-27(33)20-3-7-21(28)8-4-20/h2-12,19,24H,1,13-17H2,(H,30,33). The maximum atomic E-state index is 13.4. The fourth-order valence-electron chi connectivity index (χ4n) is 4.33. The van der Waals surface area contributed by atoms with E-state index in [1.165, 1.54) is 30.3 Å². The number of nitrogens with one attached hydrogen (secondary N) is 1. The molecule has 37 heavy (non-hydrogen) atoms. The normalized spacial score (nSPS) is 15.7. The highest BCUT2D eigenvalue weighted by Crippen LogP contribution is 2.30. The van der Waals surface area contributed by atoms with Gasteiger partial charge in [0.15, 0.2) is 5.78 Å². The third-order valence-electron chi connectivity index (χ3n) is 6.36. The highest BCUT2D eigenvalue weighted by atomic mass is 35.5. The molecule has 0 bridgehead atoms. The second-order valence-corrected chi connectivity index (χ2v) is 12.6. The maximum absolute atomic E-state index is 13.4. The first-order valence-corrected chi connectivity index (χ1v) is 14.5. The number of nitrogens with zero attached hydrogens (tertiary/aromatic N) is 1. The molecule has 1 fully saturated rings. The number of thiophene rings is 1. The summed E-state index contributed by atoms with van der Waals surface area (Å²) in [5.74, 6) is -0.976. The second kappa shape index (κ2) is 11.7. The predicted molar refractivity (Wildman–Crippen MR) is 143 cm³/mol. The maximum Gasteiger partial charge on any atom is 0.251 e. The van der Waals surface area contributed by atoms with Crippen LogP contribution in [0, 0.1) is 11.7 Å². The topological polar surface area (TPSA) is 83.6 Å². The zero-order valence-electron chi connectivity index (χ0n) is 19.9. The Morgan fingerprint density at radius 3 is 2.30 bits per heavy atom. The Balaban J connectivity index is 1.37. The van der Waals surface area contributed by atoms with Crippen LogP contribution in [0.2, 0.25) is 5.02 Å². The van der Waals surface area contributed by atoms with Gasteiger partial charge in [-0.2, -0.15) is 0 Å². The Labute approximate surface area is 224 Å². The number of Topliss-reactive ketones (excluding diaryl/α,β-unsaturated/α-hetero) is 1. The summed E-state index contributed by atoms with van der Waals surface area (Å²) in [6.45, 7) is 4.79. The van der Waals surface area contributed by atoms with Crippen molar-refractivity contribution in [1.82, 2.24) is 10.2 Å². The molecule has 0 saturated carbocycles. The zero-order chi connectivity index (χ0) is 26.6. The van der Waals surface area contributed by atoms with Gasteiger partial charge in [0.25, 0.3) is 5.91 Å². The average molecular weight is 561 g/mol. The number of likely N-dealkylation sites (tertiary alicyclic amines) is 1. The average Bonchev–Trinajstić information content (AvgIpc) is 3.39. The smallest absolute Gasteiger partial charge is 0.251 e. The van der Waals surface area contributed by atoms with E-state index in [0.717, 1.165) is 11.3 Å². The lowest BCUT2D eigenvalue weighted by Gasteiger charge is -2.35. The lowest BCUT2D eigenvalue weighted by atomic mass is 9.89. The molecule has 194 valence electrons. The van der Waals surface area contributed by atoms with Gasteiger partial charge in [0, 0.05) is 40.0 Å². The summed E-state index contributed by atoms with van der Waals surface area (Å²) >= 11 is 6.96. The van der Waals surface area contributed by atoms with Crippen molar-refractivity contribution in [2.24, 2.45) is 5.92 Å². The zero-order valence-corrected chi connectivity index (χ0v) is 22.3. The monoisotopic (exact) mass is 560 g/mol. The molecule has 1 aliphatic heterocycles. The van der Waals surface area contributed by atoms with Crippen molar-refractivity contribution in [1.29, 1.82) is 0 Å². The first-order valence-electron chi connectivity index (χ1n) is 11.7. The van der Waals surface area contributed by atoms with Crippen LogP contribution in [0.5, 0.6) is 0 Å². The highest BCUT2D eigenvalue weighted by molar-refractivity contribution is 7.94. The van der Waals surface area contributed by atoms with Crippen molar-refractivity contribution in [3.63, 3.8) is 0 Å². The predicted octanol–water partition coefficient (Wildman–Crippen LogP) is 5.35. The largest absolute Gasteiger partial charge is 0.347 e. The van der Waals surface area contributed by atoms with Gasteiger partial charge < -0.3 is 5.32 Å². The molecular formula is C27H26ClFN2O4S2. The molecule has 1 unspecified atom stereocenters. The number of sulfone groups is 1. The van der Waals surface area contributed by atoms with Crippen LogP contribution in [-0.4, -0.2) is 43.5 Å². The molecular weight excluding hydrogens is 535 g/mol. The van der Waals surface area contributed by atoms with E-state index in [0.29, 0.717) is 47.0 Å². The fraction of sp³-hybridized carbons (Fsp3) is 0.259. The molecule has 1 aliphatic rings. The first kappa shape index (κ1) is 27.2. The van der Waals surface area contributed by atoms with Gasteiger partial charge >= 0.3 is 0 Å². The molecule has 1 aromatic heterocycles. The van der Waals surface area contributed by atoms with E-state index in [9.17, 15) is 22.4 Å². The van der Waals surface area contributed by atoms with Crippen molar-refractivity contribution in [3.8, 4) is 0 Å². The van der Waals surface area contributed by atoms with Crippen LogP contribution in [0.3, 0.4) is 0 Å². The van der Waals surface area contributed by atoms with E-state index in [1.54, 1.807) is 36.4 Å². The van der Waals surface area contributed by atoms with Crippen LogP contribution in [-0.2, 0) is 16.4 Å². The molecule has 3 aromatic rings. The number of halogens is 2. The summed E-state index contributed by atoms with van der Waals surface area (Å²) in [6.07, 6.45) is 2.42. The molecule has 2 heterocycles. The number of ketones is 1.